The number of hydrogen-bond donors (Lipinski definition) is 3. The molecule has 0 aliphatic carbocycles. The summed E-state index contributed by atoms with van der Waals surface area (Å²) in [6, 6.07) is -4.03. The van der Waals surface area contributed by atoms with Crippen molar-refractivity contribution in [3.8, 4) is 0 Å². The van der Waals surface area contributed by atoms with E-state index in [4.69, 9.17) is 17.2 Å². The van der Waals surface area contributed by atoms with Crippen LogP contribution in [0.1, 0.15) is 13.8 Å². The third-order valence-electron chi connectivity index (χ3n) is 1.65. The van der Waals surface area contributed by atoms with Crippen LogP contribution in [0.5, 0.6) is 0 Å². The summed E-state index contributed by atoms with van der Waals surface area (Å²) in [7, 11) is 0. The zero-order chi connectivity index (χ0) is 14.5. The minimum absolute atomic E-state index is 1.05. The number of nitrogens with two attached hydrogens (primary N) is 3. The maximum absolute atomic E-state index is 11.2. The summed E-state index contributed by atoms with van der Waals surface area (Å²) in [6.07, 6.45) is 0. The minimum atomic E-state index is -1.92. The van der Waals surface area contributed by atoms with Gasteiger partial charge in [0.1, 0.15) is 12.1 Å². The molecule has 0 heterocycles. The molecular formula is C9H15N3O6. The Kier molecular flexibility index (Phi) is 6.09. The van der Waals surface area contributed by atoms with Crippen molar-refractivity contribution < 1.29 is 28.7 Å². The van der Waals surface area contributed by atoms with E-state index < -0.39 is 42.0 Å². The van der Waals surface area contributed by atoms with E-state index in [1.54, 1.807) is 0 Å². The number of carbonyl (C=O) groups is 4. The van der Waals surface area contributed by atoms with Crippen molar-refractivity contribution in [1.82, 2.24) is 0 Å². The van der Waals surface area contributed by atoms with Crippen LogP contribution >= 0.6 is 0 Å². The summed E-state index contributed by atoms with van der Waals surface area (Å²) in [4.78, 5) is 44.3. The van der Waals surface area contributed by atoms with Crippen molar-refractivity contribution in [2.75, 3.05) is 0 Å². The number of hydrogen-bond acceptors (Lipinski definition) is 9. The second kappa shape index (κ2) is 6.79. The molecule has 0 aromatic rings. The first-order chi connectivity index (χ1) is 8.16. The molecule has 2 atom stereocenters. The normalized spacial score (nSPS) is 13.7. The van der Waals surface area contributed by atoms with E-state index in [9.17, 15) is 19.2 Å². The molecule has 9 heteroatoms. The summed E-state index contributed by atoms with van der Waals surface area (Å²) in [5.74, 6) is -4.83. The van der Waals surface area contributed by atoms with Crippen molar-refractivity contribution in [1.29, 1.82) is 0 Å². The Morgan fingerprint density at radius 3 is 1.22 bits per heavy atom. The third kappa shape index (κ3) is 4.99. The Labute approximate surface area is 103 Å². The first kappa shape index (κ1) is 16.2. The molecule has 0 fully saturated rings. The van der Waals surface area contributed by atoms with E-state index >= 15 is 0 Å². The number of carbonyl (C=O) groups excluding carboxylic acids is 4. The maximum Gasteiger partial charge on any atom is 0.342 e. The zero-order valence-electron chi connectivity index (χ0n) is 9.91. The number of esters is 4. The van der Waals surface area contributed by atoms with Gasteiger partial charge in [0.2, 0.25) is 6.04 Å². The molecular weight excluding hydrogens is 246 g/mol. The molecule has 0 rings (SSSR count). The van der Waals surface area contributed by atoms with E-state index in [0.717, 1.165) is 0 Å². The molecule has 9 nitrogen and oxygen atoms in total. The minimum Gasteiger partial charge on any atom is -0.390 e. The maximum atomic E-state index is 11.2. The molecule has 0 aliphatic heterocycles. The molecule has 0 amide bonds. The molecule has 0 saturated carbocycles. The Morgan fingerprint density at radius 2 is 1.00 bits per heavy atom. The largest absolute Gasteiger partial charge is 0.390 e. The molecule has 0 spiro atoms. The van der Waals surface area contributed by atoms with Gasteiger partial charge in [-0.05, 0) is 13.8 Å². The molecule has 102 valence electrons. The smallest absolute Gasteiger partial charge is 0.342 e. The Morgan fingerprint density at radius 1 is 0.722 bits per heavy atom. The Hall–Kier alpha value is -1.84. The zero-order valence-corrected chi connectivity index (χ0v) is 9.91. The molecule has 0 aromatic heterocycles. The monoisotopic (exact) mass is 261 g/mol. The van der Waals surface area contributed by atoms with Crippen LogP contribution in [-0.4, -0.2) is 42.0 Å². The lowest BCUT2D eigenvalue weighted by atomic mass is 10.3. The van der Waals surface area contributed by atoms with Crippen molar-refractivity contribution in [2.45, 2.75) is 32.0 Å². The lowest BCUT2D eigenvalue weighted by Gasteiger charge is -2.11. The summed E-state index contributed by atoms with van der Waals surface area (Å²) >= 11 is 0. The van der Waals surface area contributed by atoms with Gasteiger partial charge in [-0.3, -0.25) is 0 Å². The SMILES string of the molecule is C[C@H](N)C(=O)OC(=O)C(N)C(=O)OC(=O)[C@H](C)N. The fraction of sp³-hybridized carbons (Fsp3) is 0.556. The van der Waals surface area contributed by atoms with Gasteiger partial charge in [0.05, 0.1) is 0 Å². The van der Waals surface area contributed by atoms with Crippen molar-refractivity contribution in [2.24, 2.45) is 17.2 Å². The van der Waals surface area contributed by atoms with Gasteiger partial charge in [0, 0.05) is 0 Å². The van der Waals surface area contributed by atoms with Crippen LogP contribution in [0.15, 0.2) is 0 Å². The van der Waals surface area contributed by atoms with E-state index in [1.165, 1.54) is 13.8 Å². The quantitative estimate of drug-likeness (QED) is 0.356. The standard InChI is InChI=1S/C9H15N3O6/c1-3(10)6(13)17-8(15)5(12)9(16)18-7(14)4(2)11/h3-5H,10-12H2,1-2H3/t3-,4-/m0/s1. The average Bonchev–Trinajstić information content (AvgIpc) is 2.27. The van der Waals surface area contributed by atoms with Crippen LogP contribution in [0.25, 0.3) is 0 Å². The molecule has 0 saturated heterocycles. The van der Waals surface area contributed by atoms with Crippen molar-refractivity contribution in [3.05, 3.63) is 0 Å². The van der Waals surface area contributed by atoms with Gasteiger partial charge < -0.3 is 26.7 Å². The predicted molar refractivity (Wildman–Crippen MR) is 57.5 cm³/mol. The fourth-order valence-corrected chi connectivity index (χ4v) is 0.607. The summed E-state index contributed by atoms with van der Waals surface area (Å²) < 4.78 is 8.33. The second-order valence-electron chi connectivity index (χ2n) is 3.54. The highest BCUT2D eigenvalue weighted by Gasteiger charge is 2.30. The third-order valence-corrected chi connectivity index (χ3v) is 1.65. The lowest BCUT2D eigenvalue weighted by molar-refractivity contribution is -0.168. The first-order valence-corrected chi connectivity index (χ1v) is 4.94. The van der Waals surface area contributed by atoms with Crippen LogP contribution in [-0.2, 0) is 28.7 Å². The topological polar surface area (TPSA) is 165 Å². The molecule has 0 aromatic carbocycles. The van der Waals surface area contributed by atoms with E-state index in [0.29, 0.717) is 0 Å². The average molecular weight is 261 g/mol. The highest BCUT2D eigenvalue weighted by molar-refractivity contribution is 6.05. The Bertz CT molecular complexity index is 331. The first-order valence-electron chi connectivity index (χ1n) is 4.94. The van der Waals surface area contributed by atoms with E-state index in [-0.39, 0.29) is 0 Å². The molecule has 18 heavy (non-hydrogen) atoms. The second-order valence-corrected chi connectivity index (χ2v) is 3.54. The van der Waals surface area contributed by atoms with E-state index in [2.05, 4.69) is 9.47 Å². The van der Waals surface area contributed by atoms with E-state index in [1.807, 2.05) is 0 Å². The summed E-state index contributed by atoms with van der Waals surface area (Å²) in [5, 5.41) is 0. The van der Waals surface area contributed by atoms with Gasteiger partial charge in [0.25, 0.3) is 0 Å². The predicted octanol–water partition coefficient (Wildman–Crippen LogP) is -2.85. The van der Waals surface area contributed by atoms with Gasteiger partial charge in [-0.25, -0.2) is 19.2 Å². The van der Waals surface area contributed by atoms with Crippen molar-refractivity contribution >= 4 is 23.9 Å². The van der Waals surface area contributed by atoms with Gasteiger partial charge in [-0.2, -0.15) is 0 Å². The molecule has 0 unspecified atom stereocenters. The summed E-state index contributed by atoms with van der Waals surface area (Å²) in [6.45, 7) is 2.55. The molecule has 6 N–H and O–H groups in total. The van der Waals surface area contributed by atoms with Gasteiger partial charge in [-0.1, -0.05) is 0 Å². The number of ether oxygens (including phenoxy) is 2. The summed E-state index contributed by atoms with van der Waals surface area (Å²) in [5.41, 5.74) is 15.4. The lowest BCUT2D eigenvalue weighted by Crippen LogP contribution is -2.45. The fourth-order valence-electron chi connectivity index (χ4n) is 0.607. The van der Waals surface area contributed by atoms with Gasteiger partial charge >= 0.3 is 23.9 Å². The molecule has 0 aliphatic rings. The van der Waals surface area contributed by atoms with Gasteiger partial charge in [0.15, 0.2) is 0 Å². The van der Waals surface area contributed by atoms with Crippen LogP contribution in [0.3, 0.4) is 0 Å². The van der Waals surface area contributed by atoms with Crippen LogP contribution in [0.2, 0.25) is 0 Å². The van der Waals surface area contributed by atoms with Crippen LogP contribution < -0.4 is 17.2 Å². The van der Waals surface area contributed by atoms with Crippen LogP contribution in [0, 0.1) is 0 Å². The number of rotatable bonds is 4. The molecule has 0 radical (unpaired) electrons. The highest BCUT2D eigenvalue weighted by Crippen LogP contribution is 1.95. The van der Waals surface area contributed by atoms with Gasteiger partial charge in [-0.15, -0.1) is 0 Å². The Balaban J connectivity index is 4.42. The van der Waals surface area contributed by atoms with Crippen molar-refractivity contribution in [3.63, 3.8) is 0 Å². The highest BCUT2D eigenvalue weighted by atomic mass is 16.6. The molecule has 0 bridgehead atoms. The van der Waals surface area contributed by atoms with Crippen LogP contribution in [0.4, 0.5) is 0 Å².